The number of rotatable bonds is 13. The summed E-state index contributed by atoms with van der Waals surface area (Å²) in [4.78, 5) is 56.0. The summed E-state index contributed by atoms with van der Waals surface area (Å²) < 4.78 is 62.9. The zero-order chi connectivity index (χ0) is 68.7. The van der Waals surface area contributed by atoms with E-state index >= 15 is 0 Å². The van der Waals surface area contributed by atoms with Crippen LogP contribution in [0.1, 0.15) is 61.0 Å². The van der Waals surface area contributed by atoms with Gasteiger partial charge in [-0.15, -0.1) is 11.4 Å². The number of hydrogen-bond acceptors (Lipinski definition) is 18. The first-order chi connectivity index (χ1) is 44.3. The van der Waals surface area contributed by atoms with Gasteiger partial charge in [0.2, 0.25) is 0 Å². The van der Waals surface area contributed by atoms with Crippen molar-refractivity contribution in [3.8, 4) is 28.3 Å². The summed E-state index contributed by atoms with van der Waals surface area (Å²) >= 11 is 0. The van der Waals surface area contributed by atoms with E-state index in [2.05, 4.69) is 94.0 Å². The van der Waals surface area contributed by atoms with Gasteiger partial charge in [-0.3, -0.25) is 49.8 Å². The molecule has 0 amide bonds. The molecule has 0 aliphatic heterocycles. The minimum Gasteiger partial charge on any atom is -1.00 e. The number of carbonyl (C=O) groups is 2. The first kappa shape index (κ1) is 92.6. The Bertz CT molecular complexity index is 3830. The van der Waals surface area contributed by atoms with Crippen LogP contribution in [-0.4, -0.2) is 76.9 Å². The molecule has 0 unspecified atom stereocenters. The Morgan fingerprint density at radius 1 is 0.546 bits per heavy atom. The molecule has 23 nitrogen and oxygen atoms in total. The zero-order valence-electron chi connectivity index (χ0n) is 55.1. The molecule has 4 heterocycles. The van der Waals surface area contributed by atoms with Gasteiger partial charge in [-0.2, -0.15) is 35.9 Å². The average molecular weight is 1590 g/mol. The van der Waals surface area contributed by atoms with E-state index in [1.807, 2.05) is 72.8 Å². The Balaban J connectivity index is -0.00000114. The number of carboxylic acid groups (broad SMARTS) is 1. The minimum absolute atomic E-state index is 0. The van der Waals surface area contributed by atoms with Gasteiger partial charge in [0.25, 0.3) is 23.8 Å². The normalized spacial score (nSPS) is 9.82. The van der Waals surface area contributed by atoms with Crippen LogP contribution in [0, 0.1) is 26.3 Å². The first-order valence-electron chi connectivity index (χ1n) is 27.5. The van der Waals surface area contributed by atoms with E-state index in [1.54, 1.807) is 110 Å². The van der Waals surface area contributed by atoms with Gasteiger partial charge >= 0.3 is 131 Å². The molecular weight excluding hydrogens is 1520 g/mol. The number of carbonyl (C=O) groups excluding carboxylic acids is 1. The van der Waals surface area contributed by atoms with Crippen LogP contribution in [0.5, 0.6) is 5.75 Å². The monoisotopic (exact) mass is 1590 g/mol. The molecule has 0 saturated heterocycles. The van der Waals surface area contributed by atoms with Crippen molar-refractivity contribution in [2.45, 2.75) is 69.1 Å². The number of nitro groups is 2. The smallest absolute Gasteiger partial charge is 1.00 e. The van der Waals surface area contributed by atoms with Crippen LogP contribution in [0.25, 0.3) is 32.0 Å². The molecule has 0 bridgehead atoms. The molecular formula is C67H67BK2N8O15Pd2S2-. The van der Waals surface area contributed by atoms with Crippen LogP contribution >= 0.6 is 0 Å². The molecule has 0 saturated carbocycles. The summed E-state index contributed by atoms with van der Waals surface area (Å²) in [7, 11) is -7.84. The number of para-hydroxylation sites is 2. The van der Waals surface area contributed by atoms with Gasteiger partial charge < -0.3 is 35.8 Å². The zero-order valence-corrected chi connectivity index (χ0v) is 65.1. The van der Waals surface area contributed by atoms with E-state index in [0.717, 1.165) is 19.1 Å². The van der Waals surface area contributed by atoms with Crippen molar-refractivity contribution in [1.82, 2.24) is 19.9 Å². The van der Waals surface area contributed by atoms with E-state index in [9.17, 15) is 37.1 Å². The SMILES string of the molecule is CC(=O)O.CC(C)(C)c1cc[c-]cc1.CC(C)(C)c1ccc(O[B]O)cc1.O=CO[O-].O=[N+]([O-])c1ccccc1S(=O)(=O)[N-]c1ccccc1-c1ccccn1.O=[N+]([O-])c1ccccc1S(=O)(=O)[N-]c1ccccc1-c1ccccn1.[H-].[K+].[K+].[Pd+2].[Pd].c1ccncc1.c1ccncc1. The Hall–Kier alpha value is -6.46. The number of sulfonamides is 2. The van der Waals surface area contributed by atoms with Crippen LogP contribution in [-0.2, 0) is 86.2 Å². The van der Waals surface area contributed by atoms with Gasteiger partial charge in [0.1, 0.15) is 29.8 Å². The van der Waals surface area contributed by atoms with Gasteiger partial charge in [0, 0.05) is 76.7 Å². The fraction of sp³-hybridized carbons (Fsp3) is 0.134. The molecule has 6 aromatic carbocycles. The maximum Gasteiger partial charge on any atom is 2.00 e. The fourth-order valence-corrected chi connectivity index (χ4v) is 9.55. The van der Waals surface area contributed by atoms with E-state index in [0.29, 0.717) is 35.9 Å². The molecule has 503 valence electrons. The molecule has 2 N–H and O–H groups in total. The quantitative estimate of drug-likeness (QED) is 0.0280. The second kappa shape index (κ2) is 50.0. The summed E-state index contributed by atoms with van der Waals surface area (Å²) in [6.45, 7) is 14.0. The van der Waals surface area contributed by atoms with E-state index < -0.39 is 57.0 Å². The van der Waals surface area contributed by atoms with Crippen LogP contribution in [0.4, 0.5) is 22.7 Å². The second-order valence-electron chi connectivity index (χ2n) is 20.3. The molecule has 4 aromatic heterocycles. The molecule has 97 heavy (non-hydrogen) atoms. The first-order valence-corrected chi connectivity index (χ1v) is 30.4. The maximum absolute atomic E-state index is 12.6. The third-order valence-electron chi connectivity index (χ3n) is 11.5. The van der Waals surface area contributed by atoms with Gasteiger partial charge in [0.05, 0.1) is 27.0 Å². The van der Waals surface area contributed by atoms with Gasteiger partial charge in [-0.05, 0) is 100 Å². The predicted octanol–water partition coefficient (Wildman–Crippen LogP) is 7.58. The number of aliphatic carboxylic acids is 1. The molecule has 0 fully saturated rings. The number of carboxylic acids is 1. The number of pyridine rings is 4. The number of hydrogen-bond donors (Lipinski definition) is 2. The van der Waals surface area contributed by atoms with E-state index in [1.165, 1.54) is 59.7 Å². The molecule has 10 aromatic rings. The van der Waals surface area contributed by atoms with E-state index in [4.69, 9.17) is 29.6 Å². The molecule has 0 aliphatic rings. The van der Waals surface area contributed by atoms with E-state index in [-0.39, 0.29) is 174 Å². The molecule has 0 spiro atoms. The summed E-state index contributed by atoms with van der Waals surface area (Å²) in [6.07, 6.45) is 10.2. The Morgan fingerprint density at radius 2 is 0.866 bits per heavy atom. The molecule has 10 rings (SSSR count). The summed E-state index contributed by atoms with van der Waals surface area (Å²) in [5.41, 5.74) is 4.50. The molecule has 1 radical (unpaired) electrons. The Kier molecular flexibility index (Phi) is 47.7. The topological polar surface area (TPSA) is 350 Å². The third-order valence-corrected chi connectivity index (χ3v) is 14.1. The molecule has 30 heteroatoms. The Morgan fingerprint density at radius 3 is 1.14 bits per heavy atom. The number of aromatic nitrogens is 4. The Labute approximate surface area is 680 Å². The average Bonchev–Trinajstić information content (AvgIpc) is 0.801. The predicted molar refractivity (Wildman–Crippen MR) is 354 cm³/mol. The van der Waals surface area contributed by atoms with Crippen molar-refractivity contribution < 1.29 is 206 Å². The van der Waals surface area contributed by atoms with Gasteiger partial charge in [-0.25, -0.2) is 16.8 Å². The van der Waals surface area contributed by atoms with Gasteiger partial charge in [0.15, 0.2) is 0 Å². The van der Waals surface area contributed by atoms with Crippen LogP contribution in [0.15, 0.2) is 265 Å². The van der Waals surface area contributed by atoms with Crippen LogP contribution in [0.3, 0.4) is 0 Å². The minimum atomic E-state index is -4.26. The summed E-state index contributed by atoms with van der Waals surface area (Å²) in [6, 6.07) is 64.2. The van der Waals surface area contributed by atoms with Crippen molar-refractivity contribution >= 4 is 62.9 Å². The summed E-state index contributed by atoms with van der Waals surface area (Å²) in [5, 5.41) is 46.4. The fourth-order valence-electron chi connectivity index (χ4n) is 7.20. The third kappa shape index (κ3) is 36.3. The largest absolute Gasteiger partial charge is 2.00 e. The van der Waals surface area contributed by atoms with Crippen LogP contribution < -0.4 is 113 Å². The molecule has 0 atom stereocenters. The summed E-state index contributed by atoms with van der Waals surface area (Å²) in [5.74, 6) is -0.185. The van der Waals surface area contributed by atoms with Crippen molar-refractivity contribution in [3.63, 3.8) is 0 Å². The van der Waals surface area contributed by atoms with Crippen LogP contribution in [0.2, 0.25) is 0 Å². The second-order valence-corrected chi connectivity index (χ2v) is 23.5. The van der Waals surface area contributed by atoms with Crippen molar-refractivity contribution in [2.75, 3.05) is 0 Å². The van der Waals surface area contributed by atoms with Gasteiger partial charge in [-0.1, -0.05) is 151 Å². The van der Waals surface area contributed by atoms with Crippen molar-refractivity contribution in [3.05, 3.63) is 302 Å². The maximum atomic E-state index is 12.6. The van der Waals surface area contributed by atoms with Crippen molar-refractivity contribution in [1.29, 1.82) is 0 Å². The number of benzene rings is 6. The number of nitro benzene ring substituents is 2. The van der Waals surface area contributed by atoms with Crippen molar-refractivity contribution in [2.24, 2.45) is 0 Å². The molecule has 0 aliphatic carbocycles. The standard InChI is InChI=1S/2C17H12N3O4S.C10H14BO2.C10H13.2C5H5N.C2H4O2.CH2O3.2K.2Pd.H/c2*21-20(22)16-10-3-4-11-17(16)25(23,24)19-15-9-2-1-7-13(15)14-8-5-6-12-18-14;1-10(2,3)8-4-6-9(7-5-8)13-11-12;1-10(2,3)9-7-5-4-6-8-9;2*1-2-4-6-5-3-1;1-2(3)4;2-1-4-3;;;;;/h2*1-12H;4-7,12H,1-3H3;5-8H,1-3H3;2*1-5H;1H3,(H,3,4);1,3H;;;;;/q2*-1;;-1;;;;;2*+1;;+2;-1/p-1. The number of nitrogens with zero attached hydrogens (tertiary/aromatic N) is 8.